The number of ketones is 1. The fraction of sp³-hybridized carbons (Fsp3) is 0.385. The Morgan fingerprint density at radius 2 is 2.19 bits per heavy atom. The van der Waals surface area contributed by atoms with E-state index < -0.39 is 0 Å². The Balaban J connectivity index is 2.02. The molecule has 0 atom stereocenters. The fourth-order valence-corrected chi connectivity index (χ4v) is 1.81. The van der Waals surface area contributed by atoms with Gasteiger partial charge in [-0.05, 0) is 18.6 Å². The molecule has 0 spiro atoms. The van der Waals surface area contributed by atoms with Crippen molar-refractivity contribution in [1.29, 1.82) is 0 Å². The molecule has 3 heteroatoms. The normalized spacial score (nSPS) is 10.8. The maximum atomic E-state index is 11.2. The van der Waals surface area contributed by atoms with Crippen molar-refractivity contribution in [3.05, 3.63) is 30.6 Å². The first-order valence-electron chi connectivity index (χ1n) is 5.73. The van der Waals surface area contributed by atoms with Gasteiger partial charge in [0.15, 0.2) is 0 Å². The van der Waals surface area contributed by atoms with Crippen LogP contribution in [0, 0.1) is 0 Å². The topological polar surface area (TPSA) is 34.9 Å². The van der Waals surface area contributed by atoms with E-state index in [-0.39, 0.29) is 0 Å². The van der Waals surface area contributed by atoms with Crippen LogP contribution in [0.4, 0.5) is 0 Å². The predicted molar refractivity (Wildman–Crippen MR) is 64.3 cm³/mol. The third-order valence-electron chi connectivity index (χ3n) is 2.78. The number of aryl methyl sites for hydroxylation is 1. The summed E-state index contributed by atoms with van der Waals surface area (Å²) >= 11 is 0. The number of carbonyl (C=O) groups excluding carboxylic acids is 1. The Bertz CT molecular complexity index is 487. The molecule has 0 aliphatic rings. The number of fused-ring (bicyclic) bond motifs is 1. The lowest BCUT2D eigenvalue weighted by atomic mass is 10.2. The Morgan fingerprint density at radius 1 is 1.38 bits per heavy atom. The minimum absolute atomic E-state index is 0.337. The SMILES string of the molecule is CCC(=O)CCCn1cnc2ccccc21. The van der Waals surface area contributed by atoms with E-state index in [1.807, 2.05) is 31.5 Å². The van der Waals surface area contributed by atoms with E-state index in [1.165, 1.54) is 0 Å². The quantitative estimate of drug-likeness (QED) is 0.770. The first-order valence-corrected chi connectivity index (χ1v) is 5.73. The van der Waals surface area contributed by atoms with Crippen molar-refractivity contribution in [3.8, 4) is 0 Å². The van der Waals surface area contributed by atoms with Crippen LogP contribution in [0.2, 0.25) is 0 Å². The molecule has 1 heterocycles. The average molecular weight is 216 g/mol. The molecule has 3 nitrogen and oxygen atoms in total. The molecule has 0 N–H and O–H groups in total. The molecule has 0 bridgehead atoms. The number of Topliss-reactive ketones (excluding diaryl/α,β-unsaturated/α-hetero) is 1. The van der Waals surface area contributed by atoms with Crippen LogP contribution in [0.3, 0.4) is 0 Å². The first-order chi connectivity index (χ1) is 7.81. The molecule has 84 valence electrons. The molecule has 0 fully saturated rings. The monoisotopic (exact) mass is 216 g/mol. The summed E-state index contributed by atoms with van der Waals surface area (Å²) in [5.74, 6) is 0.337. The summed E-state index contributed by atoms with van der Waals surface area (Å²) in [7, 11) is 0. The van der Waals surface area contributed by atoms with E-state index in [2.05, 4.69) is 15.6 Å². The van der Waals surface area contributed by atoms with Crippen molar-refractivity contribution < 1.29 is 4.79 Å². The number of benzene rings is 1. The molecular formula is C13H16N2O. The van der Waals surface area contributed by atoms with Gasteiger partial charge in [-0.1, -0.05) is 19.1 Å². The Kier molecular flexibility index (Phi) is 3.34. The highest BCUT2D eigenvalue weighted by molar-refractivity contribution is 5.78. The van der Waals surface area contributed by atoms with Crippen molar-refractivity contribution in [2.24, 2.45) is 0 Å². The largest absolute Gasteiger partial charge is 0.331 e. The number of hydrogen-bond acceptors (Lipinski definition) is 2. The molecule has 0 saturated heterocycles. The molecule has 0 aliphatic heterocycles. The number of imidazole rings is 1. The van der Waals surface area contributed by atoms with E-state index in [9.17, 15) is 4.79 Å². The minimum atomic E-state index is 0.337. The van der Waals surface area contributed by atoms with Crippen molar-refractivity contribution in [1.82, 2.24) is 9.55 Å². The number of hydrogen-bond donors (Lipinski definition) is 0. The second-order valence-corrected chi connectivity index (χ2v) is 3.92. The van der Waals surface area contributed by atoms with E-state index in [1.54, 1.807) is 0 Å². The van der Waals surface area contributed by atoms with Crippen LogP contribution in [0.15, 0.2) is 30.6 Å². The van der Waals surface area contributed by atoms with Gasteiger partial charge in [0.1, 0.15) is 5.78 Å². The highest BCUT2D eigenvalue weighted by Crippen LogP contribution is 2.12. The molecular weight excluding hydrogens is 200 g/mol. The van der Waals surface area contributed by atoms with E-state index in [0.29, 0.717) is 18.6 Å². The van der Waals surface area contributed by atoms with E-state index >= 15 is 0 Å². The van der Waals surface area contributed by atoms with Crippen molar-refractivity contribution in [2.45, 2.75) is 32.7 Å². The summed E-state index contributed by atoms with van der Waals surface area (Å²) < 4.78 is 2.11. The Morgan fingerprint density at radius 3 is 3.00 bits per heavy atom. The zero-order chi connectivity index (χ0) is 11.4. The van der Waals surface area contributed by atoms with Crippen LogP contribution < -0.4 is 0 Å². The molecule has 2 rings (SSSR count). The summed E-state index contributed by atoms with van der Waals surface area (Å²) in [4.78, 5) is 15.5. The van der Waals surface area contributed by atoms with Gasteiger partial charge < -0.3 is 4.57 Å². The number of carbonyl (C=O) groups is 1. The molecule has 1 aromatic heterocycles. The molecule has 16 heavy (non-hydrogen) atoms. The Labute approximate surface area is 95.1 Å². The summed E-state index contributed by atoms with van der Waals surface area (Å²) in [6, 6.07) is 8.06. The molecule has 0 aliphatic carbocycles. The molecule has 1 aromatic carbocycles. The smallest absolute Gasteiger partial charge is 0.132 e. The van der Waals surface area contributed by atoms with Crippen LogP contribution in [0.5, 0.6) is 0 Å². The summed E-state index contributed by atoms with van der Waals surface area (Å²) in [5, 5.41) is 0. The minimum Gasteiger partial charge on any atom is -0.331 e. The van der Waals surface area contributed by atoms with Gasteiger partial charge in [0.05, 0.1) is 17.4 Å². The second kappa shape index (κ2) is 4.92. The van der Waals surface area contributed by atoms with Gasteiger partial charge in [-0.3, -0.25) is 4.79 Å². The zero-order valence-corrected chi connectivity index (χ0v) is 9.52. The number of nitrogens with zero attached hydrogens (tertiary/aromatic N) is 2. The highest BCUT2D eigenvalue weighted by Gasteiger charge is 2.02. The van der Waals surface area contributed by atoms with Gasteiger partial charge in [0.25, 0.3) is 0 Å². The van der Waals surface area contributed by atoms with Crippen molar-refractivity contribution >= 4 is 16.8 Å². The van der Waals surface area contributed by atoms with Gasteiger partial charge in [-0.15, -0.1) is 0 Å². The maximum Gasteiger partial charge on any atom is 0.132 e. The van der Waals surface area contributed by atoms with Crippen LogP contribution in [0.25, 0.3) is 11.0 Å². The Hall–Kier alpha value is -1.64. The predicted octanol–water partition coefficient (Wildman–Crippen LogP) is 2.80. The van der Waals surface area contributed by atoms with Crippen LogP contribution in [0.1, 0.15) is 26.2 Å². The molecule has 2 aromatic rings. The summed E-state index contributed by atoms with van der Waals surface area (Å²) in [6.45, 7) is 2.78. The van der Waals surface area contributed by atoms with Crippen LogP contribution >= 0.6 is 0 Å². The average Bonchev–Trinajstić information content (AvgIpc) is 2.73. The molecule has 0 saturated carbocycles. The summed E-state index contributed by atoms with van der Waals surface area (Å²) in [6.07, 6.45) is 4.06. The van der Waals surface area contributed by atoms with Gasteiger partial charge in [0, 0.05) is 19.4 Å². The highest BCUT2D eigenvalue weighted by atomic mass is 16.1. The summed E-state index contributed by atoms with van der Waals surface area (Å²) in [5.41, 5.74) is 2.16. The standard InChI is InChI=1S/C13H16N2O/c1-2-11(16)6-5-9-15-10-14-12-7-3-4-8-13(12)15/h3-4,7-8,10H,2,5-6,9H2,1H3. The van der Waals surface area contributed by atoms with Crippen molar-refractivity contribution in [2.75, 3.05) is 0 Å². The van der Waals surface area contributed by atoms with Gasteiger partial charge in [-0.2, -0.15) is 0 Å². The lowest BCUT2D eigenvalue weighted by Gasteiger charge is -2.02. The third-order valence-corrected chi connectivity index (χ3v) is 2.78. The van der Waals surface area contributed by atoms with E-state index in [0.717, 1.165) is 24.0 Å². The number of aromatic nitrogens is 2. The van der Waals surface area contributed by atoms with Crippen molar-refractivity contribution in [3.63, 3.8) is 0 Å². The number of para-hydroxylation sites is 2. The van der Waals surface area contributed by atoms with E-state index in [4.69, 9.17) is 0 Å². The van der Waals surface area contributed by atoms with Gasteiger partial charge in [0.2, 0.25) is 0 Å². The van der Waals surface area contributed by atoms with Gasteiger partial charge in [-0.25, -0.2) is 4.98 Å². The molecule has 0 radical (unpaired) electrons. The van der Waals surface area contributed by atoms with Crippen LogP contribution in [-0.2, 0) is 11.3 Å². The zero-order valence-electron chi connectivity index (χ0n) is 9.52. The molecule has 0 amide bonds. The van der Waals surface area contributed by atoms with Crippen LogP contribution in [-0.4, -0.2) is 15.3 Å². The maximum absolute atomic E-state index is 11.2. The lowest BCUT2D eigenvalue weighted by Crippen LogP contribution is -2.00. The lowest BCUT2D eigenvalue weighted by molar-refractivity contribution is -0.118. The fourth-order valence-electron chi connectivity index (χ4n) is 1.81. The second-order valence-electron chi connectivity index (χ2n) is 3.92. The first kappa shape index (κ1) is 10.9. The third kappa shape index (κ3) is 2.30. The number of rotatable bonds is 5. The van der Waals surface area contributed by atoms with Gasteiger partial charge >= 0.3 is 0 Å². The molecule has 0 unspecified atom stereocenters.